The van der Waals surface area contributed by atoms with Gasteiger partial charge in [0, 0.05) is 17.6 Å². The van der Waals surface area contributed by atoms with E-state index in [0.717, 1.165) is 29.4 Å². The van der Waals surface area contributed by atoms with Gasteiger partial charge in [-0.1, -0.05) is 12.1 Å². The number of nitrogens with zero attached hydrogens (tertiary/aromatic N) is 1. The standard InChI is InChI=1S/C16H18N2O3/c1-3-21-16(19)12-9-17-15-11(5-4-6-13(15)20-2)14(12)18-10-7-8-10/h4-6,9-10H,3,7-8H2,1-2H3,(H,17,18). The number of pyridine rings is 1. The van der Waals surface area contributed by atoms with Crippen molar-refractivity contribution in [2.45, 2.75) is 25.8 Å². The Kier molecular flexibility index (Phi) is 3.64. The predicted molar refractivity (Wildman–Crippen MR) is 80.9 cm³/mol. The second-order valence-corrected chi connectivity index (χ2v) is 5.04. The Morgan fingerprint density at radius 1 is 1.43 bits per heavy atom. The molecule has 1 aromatic heterocycles. The summed E-state index contributed by atoms with van der Waals surface area (Å²) >= 11 is 0. The summed E-state index contributed by atoms with van der Waals surface area (Å²) in [5.74, 6) is 0.347. The van der Waals surface area contributed by atoms with Crippen LogP contribution in [0.2, 0.25) is 0 Å². The third kappa shape index (κ3) is 2.63. The molecule has 0 spiro atoms. The van der Waals surface area contributed by atoms with E-state index in [1.54, 1.807) is 20.2 Å². The smallest absolute Gasteiger partial charge is 0.341 e. The van der Waals surface area contributed by atoms with Crippen LogP contribution >= 0.6 is 0 Å². The van der Waals surface area contributed by atoms with E-state index >= 15 is 0 Å². The summed E-state index contributed by atoms with van der Waals surface area (Å²) in [6, 6.07) is 6.13. The van der Waals surface area contributed by atoms with Crippen LogP contribution in [0.15, 0.2) is 24.4 Å². The number of rotatable bonds is 5. The Bertz CT molecular complexity index is 681. The minimum absolute atomic E-state index is 0.345. The molecule has 5 heteroatoms. The molecule has 1 aliphatic carbocycles. The van der Waals surface area contributed by atoms with Crippen molar-refractivity contribution in [1.82, 2.24) is 4.98 Å². The van der Waals surface area contributed by atoms with Crippen LogP contribution in [0, 0.1) is 0 Å². The largest absolute Gasteiger partial charge is 0.494 e. The molecule has 0 amide bonds. The first-order chi connectivity index (χ1) is 10.2. The lowest BCUT2D eigenvalue weighted by Gasteiger charge is -2.14. The van der Waals surface area contributed by atoms with Crippen molar-refractivity contribution >= 4 is 22.6 Å². The molecule has 0 aliphatic heterocycles. The Labute approximate surface area is 123 Å². The number of esters is 1. The average molecular weight is 286 g/mol. The quantitative estimate of drug-likeness (QED) is 0.856. The third-order valence-corrected chi connectivity index (χ3v) is 3.50. The van der Waals surface area contributed by atoms with Crippen LogP contribution in [-0.4, -0.2) is 30.7 Å². The van der Waals surface area contributed by atoms with Gasteiger partial charge in [-0.3, -0.25) is 4.98 Å². The number of carbonyl (C=O) groups excluding carboxylic acids is 1. The summed E-state index contributed by atoms with van der Waals surface area (Å²) in [4.78, 5) is 16.5. The summed E-state index contributed by atoms with van der Waals surface area (Å²) < 4.78 is 10.5. The third-order valence-electron chi connectivity index (χ3n) is 3.50. The van der Waals surface area contributed by atoms with E-state index in [1.165, 1.54) is 0 Å². The monoisotopic (exact) mass is 286 g/mol. The van der Waals surface area contributed by atoms with Crippen LogP contribution in [0.3, 0.4) is 0 Å². The fourth-order valence-electron chi connectivity index (χ4n) is 2.31. The summed E-state index contributed by atoms with van der Waals surface area (Å²) in [5, 5.41) is 4.30. The molecule has 5 nitrogen and oxygen atoms in total. The molecule has 1 heterocycles. The number of hydrogen-bond acceptors (Lipinski definition) is 5. The Balaban J connectivity index is 2.16. The van der Waals surface area contributed by atoms with Crippen molar-refractivity contribution in [2.24, 2.45) is 0 Å². The number of ether oxygens (including phenoxy) is 2. The molecule has 1 aliphatic rings. The fraction of sp³-hybridized carbons (Fsp3) is 0.375. The van der Waals surface area contributed by atoms with Gasteiger partial charge < -0.3 is 14.8 Å². The summed E-state index contributed by atoms with van der Waals surface area (Å²) in [5.41, 5.74) is 2.01. The SMILES string of the molecule is CCOC(=O)c1cnc2c(OC)cccc2c1NC1CC1. The molecule has 1 aromatic carbocycles. The molecule has 1 N–H and O–H groups in total. The molecule has 0 unspecified atom stereocenters. The van der Waals surface area contributed by atoms with Gasteiger partial charge in [-0.15, -0.1) is 0 Å². The van der Waals surface area contributed by atoms with Crippen molar-refractivity contribution < 1.29 is 14.3 Å². The highest BCUT2D eigenvalue weighted by atomic mass is 16.5. The van der Waals surface area contributed by atoms with Crippen LogP contribution < -0.4 is 10.1 Å². The minimum Gasteiger partial charge on any atom is -0.494 e. The van der Waals surface area contributed by atoms with Crippen molar-refractivity contribution in [1.29, 1.82) is 0 Å². The molecule has 1 fully saturated rings. The maximum atomic E-state index is 12.1. The van der Waals surface area contributed by atoms with E-state index in [2.05, 4.69) is 10.3 Å². The van der Waals surface area contributed by atoms with Gasteiger partial charge in [0.25, 0.3) is 0 Å². The molecular weight excluding hydrogens is 268 g/mol. The fourth-order valence-corrected chi connectivity index (χ4v) is 2.31. The van der Waals surface area contributed by atoms with Crippen LogP contribution in [-0.2, 0) is 4.74 Å². The lowest BCUT2D eigenvalue weighted by Crippen LogP contribution is -2.12. The lowest BCUT2D eigenvalue weighted by molar-refractivity contribution is 0.0527. The Morgan fingerprint density at radius 2 is 2.24 bits per heavy atom. The predicted octanol–water partition coefficient (Wildman–Crippen LogP) is 2.99. The van der Waals surface area contributed by atoms with Crippen LogP contribution in [0.1, 0.15) is 30.1 Å². The van der Waals surface area contributed by atoms with E-state index in [-0.39, 0.29) is 5.97 Å². The number of aromatic nitrogens is 1. The number of methoxy groups -OCH3 is 1. The highest BCUT2D eigenvalue weighted by molar-refractivity contribution is 6.06. The number of hydrogen-bond donors (Lipinski definition) is 1. The van der Waals surface area contributed by atoms with Gasteiger partial charge in [-0.25, -0.2) is 4.79 Å². The van der Waals surface area contributed by atoms with Crippen LogP contribution in [0.25, 0.3) is 10.9 Å². The first-order valence-corrected chi connectivity index (χ1v) is 7.14. The van der Waals surface area contributed by atoms with Crippen molar-refractivity contribution in [2.75, 3.05) is 19.0 Å². The van der Waals surface area contributed by atoms with Gasteiger partial charge in [-0.05, 0) is 25.8 Å². The summed E-state index contributed by atoms with van der Waals surface area (Å²) in [6.07, 6.45) is 3.81. The van der Waals surface area contributed by atoms with Gasteiger partial charge in [0.05, 0.1) is 19.4 Å². The normalized spacial score (nSPS) is 14.0. The van der Waals surface area contributed by atoms with Crippen LogP contribution in [0.4, 0.5) is 5.69 Å². The van der Waals surface area contributed by atoms with Gasteiger partial charge in [0.15, 0.2) is 0 Å². The van der Waals surface area contributed by atoms with Gasteiger partial charge in [-0.2, -0.15) is 0 Å². The maximum absolute atomic E-state index is 12.1. The molecule has 21 heavy (non-hydrogen) atoms. The second-order valence-electron chi connectivity index (χ2n) is 5.04. The Morgan fingerprint density at radius 3 is 2.90 bits per heavy atom. The first kappa shape index (κ1) is 13.7. The molecule has 0 radical (unpaired) electrons. The molecule has 2 aromatic rings. The number of benzene rings is 1. The number of anilines is 1. The average Bonchev–Trinajstić information content (AvgIpc) is 3.31. The van der Waals surface area contributed by atoms with Crippen molar-refractivity contribution in [3.63, 3.8) is 0 Å². The van der Waals surface area contributed by atoms with E-state index < -0.39 is 0 Å². The summed E-state index contributed by atoms with van der Waals surface area (Å²) in [6.45, 7) is 2.14. The molecule has 1 saturated carbocycles. The van der Waals surface area contributed by atoms with E-state index in [9.17, 15) is 4.79 Å². The van der Waals surface area contributed by atoms with E-state index in [1.807, 2.05) is 18.2 Å². The van der Waals surface area contributed by atoms with E-state index in [4.69, 9.17) is 9.47 Å². The zero-order valence-corrected chi connectivity index (χ0v) is 12.2. The molecule has 0 bridgehead atoms. The molecule has 3 rings (SSSR count). The number of fused-ring (bicyclic) bond motifs is 1. The van der Waals surface area contributed by atoms with E-state index in [0.29, 0.717) is 24.0 Å². The minimum atomic E-state index is -0.349. The highest BCUT2D eigenvalue weighted by Crippen LogP contribution is 2.35. The first-order valence-electron chi connectivity index (χ1n) is 7.14. The van der Waals surface area contributed by atoms with Crippen molar-refractivity contribution in [3.05, 3.63) is 30.0 Å². The second kappa shape index (κ2) is 5.60. The molecule has 0 atom stereocenters. The number of carbonyl (C=O) groups is 1. The zero-order chi connectivity index (χ0) is 14.8. The van der Waals surface area contributed by atoms with Crippen LogP contribution in [0.5, 0.6) is 5.75 Å². The van der Waals surface area contributed by atoms with Gasteiger partial charge >= 0.3 is 5.97 Å². The molecular formula is C16H18N2O3. The van der Waals surface area contributed by atoms with Crippen molar-refractivity contribution in [3.8, 4) is 5.75 Å². The topological polar surface area (TPSA) is 60.5 Å². The maximum Gasteiger partial charge on any atom is 0.341 e. The zero-order valence-electron chi connectivity index (χ0n) is 12.2. The highest BCUT2D eigenvalue weighted by Gasteiger charge is 2.25. The lowest BCUT2D eigenvalue weighted by atomic mass is 10.1. The number of para-hydroxylation sites is 1. The van der Waals surface area contributed by atoms with Gasteiger partial charge in [0.2, 0.25) is 0 Å². The molecule has 110 valence electrons. The number of nitrogens with one attached hydrogen (secondary N) is 1. The summed E-state index contributed by atoms with van der Waals surface area (Å²) in [7, 11) is 1.61. The Hall–Kier alpha value is -2.30. The van der Waals surface area contributed by atoms with Gasteiger partial charge in [0.1, 0.15) is 16.8 Å². The molecule has 0 saturated heterocycles.